The van der Waals surface area contributed by atoms with Crippen LogP contribution in [0.4, 0.5) is 8.78 Å². The van der Waals surface area contributed by atoms with E-state index in [1.54, 1.807) is 0 Å². The number of ether oxygens (including phenoxy) is 1. The molecule has 1 aliphatic heterocycles. The molecule has 3 rings (SSSR count). The van der Waals surface area contributed by atoms with Crippen LogP contribution in [-0.4, -0.2) is 18.9 Å². The summed E-state index contributed by atoms with van der Waals surface area (Å²) in [6, 6.07) is 18.5. The molecular formula is C17H15F2NO. The highest BCUT2D eigenvalue weighted by molar-refractivity contribution is 5.95. The van der Waals surface area contributed by atoms with Gasteiger partial charge in [-0.05, 0) is 17.7 Å². The van der Waals surface area contributed by atoms with Crippen molar-refractivity contribution in [2.75, 3.05) is 6.54 Å². The van der Waals surface area contributed by atoms with Gasteiger partial charge in [0.05, 0.1) is 13.0 Å². The number of hydrogen-bond donors (Lipinski definition) is 0. The Kier molecular flexibility index (Phi) is 3.69. The summed E-state index contributed by atoms with van der Waals surface area (Å²) in [4.78, 5) is 4.35. The van der Waals surface area contributed by atoms with Gasteiger partial charge in [0.25, 0.3) is 0 Å². The molecule has 0 aliphatic carbocycles. The van der Waals surface area contributed by atoms with Crippen LogP contribution >= 0.6 is 0 Å². The molecule has 0 fully saturated rings. The van der Waals surface area contributed by atoms with Crippen molar-refractivity contribution in [2.45, 2.75) is 18.4 Å². The van der Waals surface area contributed by atoms with Gasteiger partial charge < -0.3 is 4.74 Å². The molecule has 21 heavy (non-hydrogen) atoms. The third kappa shape index (κ3) is 2.79. The highest BCUT2D eigenvalue weighted by Crippen LogP contribution is 2.37. The van der Waals surface area contributed by atoms with Crippen molar-refractivity contribution >= 4 is 5.90 Å². The third-order valence-electron chi connectivity index (χ3n) is 3.57. The Labute approximate surface area is 122 Å². The lowest BCUT2D eigenvalue weighted by atomic mass is 9.90. The van der Waals surface area contributed by atoms with Crippen molar-refractivity contribution in [1.29, 1.82) is 0 Å². The van der Waals surface area contributed by atoms with Crippen LogP contribution in [-0.2, 0) is 10.3 Å². The molecule has 2 aromatic carbocycles. The lowest BCUT2D eigenvalue weighted by molar-refractivity contribution is 0.00574. The standard InChI is InChI=1S/C17H15F2NO/c18-15(19)11-17(14-9-5-2-6-10-14)12-20-16(21-17)13-7-3-1-4-8-13/h1-10,15H,11-12H2. The fourth-order valence-electron chi connectivity index (χ4n) is 2.55. The Morgan fingerprint density at radius 1 is 1.00 bits per heavy atom. The van der Waals surface area contributed by atoms with E-state index in [9.17, 15) is 8.78 Å². The van der Waals surface area contributed by atoms with Crippen LogP contribution in [0.3, 0.4) is 0 Å². The first kappa shape index (κ1) is 13.7. The molecule has 1 unspecified atom stereocenters. The Balaban J connectivity index is 1.91. The van der Waals surface area contributed by atoms with E-state index in [1.165, 1.54) is 0 Å². The zero-order valence-corrected chi connectivity index (χ0v) is 11.4. The highest BCUT2D eigenvalue weighted by Gasteiger charge is 2.42. The highest BCUT2D eigenvalue weighted by atomic mass is 19.3. The monoisotopic (exact) mass is 287 g/mol. The molecule has 2 aromatic rings. The minimum absolute atomic E-state index is 0.214. The Morgan fingerprint density at radius 3 is 2.24 bits per heavy atom. The molecule has 0 radical (unpaired) electrons. The first-order valence-corrected chi connectivity index (χ1v) is 6.82. The average Bonchev–Trinajstić information content (AvgIpc) is 2.94. The number of alkyl halides is 2. The van der Waals surface area contributed by atoms with Crippen LogP contribution < -0.4 is 0 Å². The second-order valence-corrected chi connectivity index (χ2v) is 5.04. The molecule has 2 nitrogen and oxygen atoms in total. The fourth-order valence-corrected chi connectivity index (χ4v) is 2.55. The van der Waals surface area contributed by atoms with Gasteiger partial charge in [0.2, 0.25) is 12.3 Å². The van der Waals surface area contributed by atoms with E-state index in [-0.39, 0.29) is 13.0 Å². The lowest BCUT2D eigenvalue weighted by Crippen LogP contribution is -2.33. The Bertz CT molecular complexity index is 628. The minimum Gasteiger partial charge on any atom is -0.464 e. The van der Waals surface area contributed by atoms with Crippen molar-refractivity contribution in [1.82, 2.24) is 0 Å². The predicted octanol–water partition coefficient (Wildman–Crippen LogP) is 4.01. The maximum Gasteiger partial charge on any atom is 0.242 e. The van der Waals surface area contributed by atoms with Crippen LogP contribution in [0.25, 0.3) is 0 Å². The van der Waals surface area contributed by atoms with Crippen LogP contribution in [0, 0.1) is 0 Å². The molecule has 1 atom stereocenters. The van der Waals surface area contributed by atoms with Gasteiger partial charge in [-0.3, -0.25) is 0 Å². The first-order chi connectivity index (χ1) is 10.2. The normalized spacial score (nSPS) is 21.2. The van der Waals surface area contributed by atoms with E-state index in [0.717, 1.165) is 11.1 Å². The molecule has 0 aromatic heterocycles. The van der Waals surface area contributed by atoms with Gasteiger partial charge in [-0.25, -0.2) is 13.8 Å². The molecule has 0 spiro atoms. The smallest absolute Gasteiger partial charge is 0.242 e. The Morgan fingerprint density at radius 2 is 1.62 bits per heavy atom. The van der Waals surface area contributed by atoms with E-state index in [1.807, 2.05) is 60.7 Å². The Hall–Kier alpha value is -2.23. The molecule has 1 aliphatic rings. The number of aliphatic imine (C=N–C) groups is 1. The van der Waals surface area contributed by atoms with Crippen molar-refractivity contribution < 1.29 is 13.5 Å². The van der Waals surface area contributed by atoms with E-state index in [0.29, 0.717) is 5.90 Å². The molecule has 0 saturated heterocycles. The van der Waals surface area contributed by atoms with Crippen LogP contribution in [0.15, 0.2) is 65.7 Å². The quantitative estimate of drug-likeness (QED) is 0.832. The van der Waals surface area contributed by atoms with Crippen LogP contribution in [0.1, 0.15) is 17.5 Å². The first-order valence-electron chi connectivity index (χ1n) is 6.82. The summed E-state index contributed by atoms with van der Waals surface area (Å²) in [5, 5.41) is 0. The van der Waals surface area contributed by atoms with Gasteiger partial charge in [0, 0.05) is 5.56 Å². The molecule has 4 heteroatoms. The summed E-state index contributed by atoms with van der Waals surface area (Å²) in [5.41, 5.74) is 0.477. The summed E-state index contributed by atoms with van der Waals surface area (Å²) in [7, 11) is 0. The summed E-state index contributed by atoms with van der Waals surface area (Å²) >= 11 is 0. The van der Waals surface area contributed by atoms with Crippen molar-refractivity contribution in [3.8, 4) is 0 Å². The maximum atomic E-state index is 13.0. The molecule has 1 heterocycles. The molecular weight excluding hydrogens is 272 g/mol. The summed E-state index contributed by atoms with van der Waals surface area (Å²) in [6.07, 6.45) is -2.81. The van der Waals surface area contributed by atoms with Gasteiger partial charge in [-0.1, -0.05) is 48.5 Å². The number of benzene rings is 2. The van der Waals surface area contributed by atoms with Crippen molar-refractivity contribution in [3.05, 3.63) is 71.8 Å². The van der Waals surface area contributed by atoms with Crippen molar-refractivity contribution in [2.24, 2.45) is 4.99 Å². The van der Waals surface area contributed by atoms with E-state index in [4.69, 9.17) is 4.74 Å². The number of rotatable bonds is 4. The fraction of sp³-hybridized carbons (Fsp3) is 0.235. The minimum atomic E-state index is -2.45. The molecule has 0 N–H and O–H groups in total. The number of halogens is 2. The lowest BCUT2D eigenvalue weighted by Gasteiger charge is -2.28. The van der Waals surface area contributed by atoms with E-state index >= 15 is 0 Å². The van der Waals surface area contributed by atoms with E-state index in [2.05, 4.69) is 4.99 Å². The second kappa shape index (κ2) is 5.64. The third-order valence-corrected chi connectivity index (χ3v) is 3.57. The summed E-state index contributed by atoms with van der Waals surface area (Å²) in [6.45, 7) is 0.214. The van der Waals surface area contributed by atoms with Crippen molar-refractivity contribution in [3.63, 3.8) is 0 Å². The molecule has 0 amide bonds. The zero-order chi connectivity index (χ0) is 14.7. The van der Waals surface area contributed by atoms with Gasteiger partial charge in [-0.15, -0.1) is 0 Å². The van der Waals surface area contributed by atoms with Gasteiger partial charge in [-0.2, -0.15) is 0 Å². The molecule has 0 saturated carbocycles. The van der Waals surface area contributed by atoms with E-state index < -0.39 is 12.0 Å². The SMILES string of the molecule is FC(F)CC1(c2ccccc2)CN=C(c2ccccc2)O1. The largest absolute Gasteiger partial charge is 0.464 e. The van der Waals surface area contributed by atoms with Crippen LogP contribution in [0.2, 0.25) is 0 Å². The topological polar surface area (TPSA) is 21.6 Å². The van der Waals surface area contributed by atoms with Gasteiger partial charge in [0.1, 0.15) is 0 Å². The number of nitrogens with zero attached hydrogens (tertiary/aromatic N) is 1. The van der Waals surface area contributed by atoms with Gasteiger partial charge in [0.15, 0.2) is 5.60 Å². The molecule has 0 bridgehead atoms. The maximum absolute atomic E-state index is 13.0. The van der Waals surface area contributed by atoms with Gasteiger partial charge >= 0.3 is 0 Å². The average molecular weight is 287 g/mol. The second-order valence-electron chi connectivity index (χ2n) is 5.04. The number of hydrogen-bond acceptors (Lipinski definition) is 2. The van der Waals surface area contributed by atoms with Crippen LogP contribution in [0.5, 0.6) is 0 Å². The predicted molar refractivity (Wildman–Crippen MR) is 77.7 cm³/mol. The molecule has 108 valence electrons. The summed E-state index contributed by atoms with van der Waals surface area (Å²) in [5.74, 6) is 0.431. The summed E-state index contributed by atoms with van der Waals surface area (Å²) < 4.78 is 31.9. The zero-order valence-electron chi connectivity index (χ0n) is 11.4.